The molecule has 1 heterocycles. The second-order valence-corrected chi connectivity index (χ2v) is 5.58. The maximum atomic E-state index is 13.9. The molecule has 6 heteroatoms. The molecule has 0 radical (unpaired) electrons. The molecule has 0 aliphatic carbocycles. The fourth-order valence-corrected chi connectivity index (χ4v) is 2.65. The number of hydrogen-bond donors (Lipinski definition) is 0. The number of methoxy groups -OCH3 is 1. The maximum absolute atomic E-state index is 13.9. The highest BCUT2D eigenvalue weighted by atomic mass is 35.5. The Kier molecular flexibility index (Phi) is 4.62. The molecule has 0 N–H and O–H groups in total. The zero-order valence-corrected chi connectivity index (χ0v) is 13.6. The van der Waals surface area contributed by atoms with Crippen LogP contribution in [0.25, 0.3) is 11.3 Å². The predicted octanol–water partition coefficient (Wildman–Crippen LogP) is 4.21. The van der Waals surface area contributed by atoms with Crippen molar-refractivity contribution in [3.8, 4) is 17.0 Å². The zero-order chi connectivity index (χ0) is 17.1. The molecule has 3 aromatic rings. The van der Waals surface area contributed by atoms with Gasteiger partial charge < -0.3 is 4.74 Å². The van der Waals surface area contributed by atoms with Crippen LogP contribution < -0.4 is 4.74 Å². The van der Waals surface area contributed by atoms with Gasteiger partial charge in [0.2, 0.25) is 0 Å². The lowest BCUT2D eigenvalue weighted by Crippen LogP contribution is -2.03. The molecule has 2 aromatic carbocycles. The van der Waals surface area contributed by atoms with Crippen molar-refractivity contribution in [2.24, 2.45) is 0 Å². The van der Waals surface area contributed by atoms with Crippen molar-refractivity contribution < 1.29 is 13.9 Å². The number of benzene rings is 2. The number of carbonyl (C=O) groups is 1. The van der Waals surface area contributed by atoms with Gasteiger partial charge in [-0.3, -0.25) is 9.48 Å². The first-order chi connectivity index (χ1) is 11.6. The van der Waals surface area contributed by atoms with Crippen LogP contribution in [0.3, 0.4) is 0 Å². The van der Waals surface area contributed by atoms with E-state index in [2.05, 4.69) is 5.10 Å². The summed E-state index contributed by atoms with van der Waals surface area (Å²) in [7, 11) is 1.58. The molecule has 0 unspecified atom stereocenters. The van der Waals surface area contributed by atoms with Crippen molar-refractivity contribution in [1.82, 2.24) is 9.78 Å². The van der Waals surface area contributed by atoms with Gasteiger partial charge in [-0.15, -0.1) is 0 Å². The van der Waals surface area contributed by atoms with E-state index in [1.54, 1.807) is 37.6 Å². The van der Waals surface area contributed by atoms with E-state index in [4.69, 9.17) is 16.3 Å². The molecule has 0 aliphatic heterocycles. The summed E-state index contributed by atoms with van der Waals surface area (Å²) in [5.74, 6) is 0.306. The molecule has 24 heavy (non-hydrogen) atoms. The number of aldehydes is 1. The van der Waals surface area contributed by atoms with Crippen molar-refractivity contribution in [2.75, 3.05) is 7.11 Å². The lowest BCUT2D eigenvalue weighted by atomic mass is 10.1. The fraction of sp³-hybridized carbons (Fsp3) is 0.111. The van der Waals surface area contributed by atoms with E-state index >= 15 is 0 Å². The molecule has 0 bridgehead atoms. The summed E-state index contributed by atoms with van der Waals surface area (Å²) in [6.07, 6.45) is 2.31. The highest BCUT2D eigenvalue weighted by Gasteiger charge is 2.14. The Bertz CT molecular complexity index is 855. The van der Waals surface area contributed by atoms with Gasteiger partial charge in [-0.1, -0.05) is 17.7 Å². The van der Waals surface area contributed by atoms with Gasteiger partial charge in [0, 0.05) is 22.3 Å². The minimum atomic E-state index is -0.406. The van der Waals surface area contributed by atoms with E-state index in [0.717, 1.165) is 11.8 Å². The summed E-state index contributed by atoms with van der Waals surface area (Å²) >= 11 is 6.05. The molecule has 4 nitrogen and oxygen atoms in total. The Labute approximate surface area is 143 Å². The third-order valence-corrected chi connectivity index (χ3v) is 4.02. The smallest absolute Gasteiger partial charge is 0.153 e. The Morgan fingerprint density at radius 2 is 2.00 bits per heavy atom. The monoisotopic (exact) mass is 344 g/mol. The van der Waals surface area contributed by atoms with Crippen molar-refractivity contribution in [1.29, 1.82) is 0 Å². The normalized spacial score (nSPS) is 10.6. The summed E-state index contributed by atoms with van der Waals surface area (Å²) in [6, 6.07) is 11.7. The van der Waals surface area contributed by atoms with E-state index in [9.17, 15) is 9.18 Å². The van der Waals surface area contributed by atoms with E-state index in [-0.39, 0.29) is 6.54 Å². The van der Waals surface area contributed by atoms with Gasteiger partial charge in [0.15, 0.2) is 6.29 Å². The Morgan fingerprint density at radius 3 is 2.62 bits per heavy atom. The molecule has 3 rings (SSSR count). The van der Waals surface area contributed by atoms with Gasteiger partial charge >= 0.3 is 0 Å². The van der Waals surface area contributed by atoms with Gasteiger partial charge in [0.05, 0.1) is 19.2 Å². The van der Waals surface area contributed by atoms with E-state index in [1.807, 2.05) is 12.1 Å². The van der Waals surface area contributed by atoms with E-state index < -0.39 is 5.82 Å². The van der Waals surface area contributed by atoms with Gasteiger partial charge in [-0.2, -0.15) is 5.10 Å². The fourth-order valence-electron chi connectivity index (χ4n) is 2.42. The first-order valence-corrected chi connectivity index (χ1v) is 7.60. The molecule has 0 saturated carbocycles. The molecular weight excluding hydrogens is 331 g/mol. The predicted molar refractivity (Wildman–Crippen MR) is 90.1 cm³/mol. The largest absolute Gasteiger partial charge is 0.497 e. The zero-order valence-electron chi connectivity index (χ0n) is 12.9. The second-order valence-electron chi connectivity index (χ2n) is 5.18. The van der Waals surface area contributed by atoms with E-state index in [1.165, 1.54) is 10.7 Å². The topological polar surface area (TPSA) is 44.1 Å². The van der Waals surface area contributed by atoms with Crippen LogP contribution in [0.15, 0.2) is 48.7 Å². The van der Waals surface area contributed by atoms with Crippen LogP contribution in [-0.2, 0) is 6.54 Å². The number of halogens is 2. The summed E-state index contributed by atoms with van der Waals surface area (Å²) in [5.41, 5.74) is 2.06. The van der Waals surface area contributed by atoms with E-state index in [0.29, 0.717) is 27.6 Å². The molecule has 0 amide bonds. The van der Waals surface area contributed by atoms with Gasteiger partial charge in [-0.25, -0.2) is 4.39 Å². The summed E-state index contributed by atoms with van der Waals surface area (Å²) < 4.78 is 20.6. The second kappa shape index (κ2) is 6.84. The highest BCUT2D eigenvalue weighted by molar-refractivity contribution is 6.31. The van der Waals surface area contributed by atoms with Crippen molar-refractivity contribution >= 4 is 17.9 Å². The maximum Gasteiger partial charge on any atom is 0.153 e. The lowest BCUT2D eigenvalue weighted by molar-refractivity contribution is 0.112. The summed E-state index contributed by atoms with van der Waals surface area (Å²) in [6.45, 7) is 0.141. The summed E-state index contributed by atoms with van der Waals surface area (Å²) in [5, 5.41) is 4.73. The molecule has 0 fully saturated rings. The molecule has 0 atom stereocenters. The van der Waals surface area contributed by atoms with Crippen LogP contribution >= 0.6 is 11.6 Å². The first-order valence-electron chi connectivity index (χ1n) is 7.22. The first kappa shape index (κ1) is 16.2. The van der Waals surface area contributed by atoms with Gasteiger partial charge in [0.25, 0.3) is 0 Å². The van der Waals surface area contributed by atoms with Crippen LogP contribution in [-0.4, -0.2) is 23.2 Å². The highest BCUT2D eigenvalue weighted by Crippen LogP contribution is 2.25. The molecule has 1 aromatic heterocycles. The van der Waals surface area contributed by atoms with Crippen LogP contribution in [0, 0.1) is 5.82 Å². The minimum Gasteiger partial charge on any atom is -0.497 e. The molecule has 122 valence electrons. The Hall–Kier alpha value is -2.66. The third-order valence-electron chi connectivity index (χ3n) is 3.66. The molecule has 0 saturated heterocycles. The van der Waals surface area contributed by atoms with Crippen molar-refractivity contribution in [2.45, 2.75) is 6.54 Å². The standard InChI is InChI=1S/C18H14ClFN2O2/c1-24-14-7-5-12(6-8-14)18-13(11-23)9-22(21-18)10-15-16(19)3-2-4-17(15)20/h2-9,11H,10H2,1H3. The number of aromatic nitrogens is 2. The van der Waals surface area contributed by atoms with Crippen molar-refractivity contribution in [3.05, 3.63) is 70.6 Å². The number of carbonyl (C=O) groups excluding carboxylic acids is 1. The lowest BCUT2D eigenvalue weighted by Gasteiger charge is -2.06. The minimum absolute atomic E-state index is 0.141. The van der Waals surface area contributed by atoms with Gasteiger partial charge in [0.1, 0.15) is 17.3 Å². The number of hydrogen-bond acceptors (Lipinski definition) is 3. The number of nitrogens with zero attached hydrogens (tertiary/aromatic N) is 2. The number of ether oxygens (including phenoxy) is 1. The van der Waals surface area contributed by atoms with Crippen LogP contribution in [0.1, 0.15) is 15.9 Å². The average molecular weight is 345 g/mol. The molecular formula is C18H14ClFN2O2. The molecule has 0 aliphatic rings. The third kappa shape index (κ3) is 3.16. The summed E-state index contributed by atoms with van der Waals surface area (Å²) in [4.78, 5) is 11.3. The van der Waals surface area contributed by atoms with Crippen LogP contribution in [0.5, 0.6) is 5.75 Å². The SMILES string of the molecule is COc1ccc(-c2nn(Cc3c(F)cccc3Cl)cc2C=O)cc1. The number of rotatable bonds is 5. The van der Waals surface area contributed by atoms with Crippen molar-refractivity contribution in [3.63, 3.8) is 0 Å². The van der Waals surface area contributed by atoms with Gasteiger partial charge in [-0.05, 0) is 36.4 Å². The Balaban J connectivity index is 1.97. The quantitative estimate of drug-likeness (QED) is 0.651. The Morgan fingerprint density at radius 1 is 1.25 bits per heavy atom. The van der Waals surface area contributed by atoms with Crippen LogP contribution in [0.4, 0.5) is 4.39 Å². The van der Waals surface area contributed by atoms with Crippen LogP contribution in [0.2, 0.25) is 5.02 Å². The molecule has 0 spiro atoms. The average Bonchev–Trinajstić information content (AvgIpc) is 3.01.